The van der Waals surface area contributed by atoms with Crippen LogP contribution < -0.4 is 16.4 Å². The Morgan fingerprint density at radius 2 is 2.30 bits per heavy atom. The molecular weight excluding hydrogens is 254 g/mol. The van der Waals surface area contributed by atoms with Gasteiger partial charge >= 0.3 is 0 Å². The maximum atomic E-state index is 11.7. The van der Waals surface area contributed by atoms with Gasteiger partial charge < -0.3 is 21.1 Å². The Bertz CT molecular complexity index is 476. The number of rotatable bonds is 4. The zero-order chi connectivity index (χ0) is 14.5. The van der Waals surface area contributed by atoms with E-state index in [1.54, 1.807) is 12.1 Å². The van der Waals surface area contributed by atoms with Crippen LogP contribution in [0.4, 0.5) is 11.4 Å². The summed E-state index contributed by atoms with van der Waals surface area (Å²) in [6.07, 6.45) is 2.22. The van der Waals surface area contributed by atoms with E-state index in [0.29, 0.717) is 23.8 Å². The lowest BCUT2D eigenvalue weighted by molar-refractivity contribution is 0.0232. The molecule has 1 aromatic carbocycles. The van der Waals surface area contributed by atoms with Crippen molar-refractivity contribution in [1.82, 2.24) is 5.32 Å². The number of ether oxygens (including phenoxy) is 1. The van der Waals surface area contributed by atoms with Crippen molar-refractivity contribution in [3.8, 4) is 0 Å². The highest BCUT2D eigenvalue weighted by atomic mass is 16.5. The zero-order valence-corrected chi connectivity index (χ0v) is 12.1. The Labute approximate surface area is 119 Å². The normalized spacial score (nSPS) is 22.3. The van der Waals surface area contributed by atoms with E-state index in [4.69, 9.17) is 10.5 Å². The molecule has 5 nitrogen and oxygen atoms in total. The topological polar surface area (TPSA) is 76.4 Å². The first-order valence-electron chi connectivity index (χ1n) is 7.16. The van der Waals surface area contributed by atoms with E-state index in [2.05, 4.69) is 17.6 Å². The Kier molecular flexibility index (Phi) is 4.84. The molecule has 1 amide bonds. The van der Waals surface area contributed by atoms with Crippen LogP contribution in [0.1, 0.15) is 37.0 Å². The highest BCUT2D eigenvalue weighted by Crippen LogP contribution is 2.24. The second kappa shape index (κ2) is 6.61. The van der Waals surface area contributed by atoms with Crippen molar-refractivity contribution in [1.29, 1.82) is 0 Å². The summed E-state index contributed by atoms with van der Waals surface area (Å²) in [6.45, 7) is 5.35. The molecule has 0 spiro atoms. The van der Waals surface area contributed by atoms with E-state index in [0.717, 1.165) is 25.1 Å². The van der Waals surface area contributed by atoms with Crippen molar-refractivity contribution in [2.75, 3.05) is 24.2 Å². The summed E-state index contributed by atoms with van der Waals surface area (Å²) < 4.78 is 5.53. The van der Waals surface area contributed by atoms with Crippen LogP contribution in [0.2, 0.25) is 0 Å². The highest BCUT2D eigenvalue weighted by Gasteiger charge is 2.19. The van der Waals surface area contributed by atoms with Crippen molar-refractivity contribution in [2.24, 2.45) is 0 Å². The van der Waals surface area contributed by atoms with Gasteiger partial charge in [-0.15, -0.1) is 0 Å². The maximum absolute atomic E-state index is 11.7. The van der Waals surface area contributed by atoms with E-state index in [9.17, 15) is 4.79 Å². The van der Waals surface area contributed by atoms with E-state index in [-0.39, 0.29) is 12.0 Å². The van der Waals surface area contributed by atoms with Crippen molar-refractivity contribution in [2.45, 2.75) is 38.8 Å². The summed E-state index contributed by atoms with van der Waals surface area (Å²) in [5, 5.41) is 6.21. The maximum Gasteiger partial charge on any atom is 0.251 e. The van der Waals surface area contributed by atoms with Gasteiger partial charge in [0.25, 0.3) is 5.91 Å². The lowest BCUT2D eigenvalue weighted by Crippen LogP contribution is -2.32. The molecule has 1 aliphatic heterocycles. The van der Waals surface area contributed by atoms with Crippen LogP contribution in [0, 0.1) is 0 Å². The summed E-state index contributed by atoms with van der Waals surface area (Å²) in [5.74, 6) is -0.0922. The predicted molar refractivity (Wildman–Crippen MR) is 80.9 cm³/mol. The SMILES string of the molecule is CCNC(=O)c1ccc(NC2CCOC(C)C2)c(N)c1. The Morgan fingerprint density at radius 3 is 2.95 bits per heavy atom. The van der Waals surface area contributed by atoms with Crippen LogP contribution in [-0.2, 0) is 4.74 Å². The standard InChI is InChI=1S/C15H23N3O2/c1-3-17-15(19)11-4-5-14(13(16)9-11)18-12-6-7-20-10(2)8-12/h4-5,9-10,12,18H,3,6-8,16H2,1-2H3,(H,17,19). The minimum atomic E-state index is -0.0922. The molecule has 0 aromatic heterocycles. The number of nitrogen functional groups attached to an aromatic ring is 1. The molecule has 5 heteroatoms. The van der Waals surface area contributed by atoms with Gasteiger partial charge in [0.05, 0.1) is 17.5 Å². The van der Waals surface area contributed by atoms with Crippen LogP contribution in [0.25, 0.3) is 0 Å². The molecule has 0 saturated carbocycles. The first-order valence-corrected chi connectivity index (χ1v) is 7.16. The third-order valence-electron chi connectivity index (χ3n) is 3.50. The number of nitrogens with one attached hydrogen (secondary N) is 2. The number of benzene rings is 1. The van der Waals surface area contributed by atoms with E-state index in [1.807, 2.05) is 13.0 Å². The van der Waals surface area contributed by atoms with Gasteiger partial charge in [0.2, 0.25) is 0 Å². The van der Waals surface area contributed by atoms with Gasteiger partial charge in [-0.05, 0) is 44.9 Å². The number of amides is 1. The molecule has 4 N–H and O–H groups in total. The monoisotopic (exact) mass is 277 g/mol. The van der Waals surface area contributed by atoms with Crippen molar-refractivity contribution in [3.05, 3.63) is 23.8 Å². The molecular formula is C15H23N3O2. The van der Waals surface area contributed by atoms with Gasteiger partial charge in [0, 0.05) is 24.8 Å². The van der Waals surface area contributed by atoms with Gasteiger partial charge in [-0.1, -0.05) is 0 Å². The van der Waals surface area contributed by atoms with Crippen LogP contribution in [0.5, 0.6) is 0 Å². The number of anilines is 2. The summed E-state index contributed by atoms with van der Waals surface area (Å²) >= 11 is 0. The number of nitrogens with two attached hydrogens (primary N) is 1. The Hall–Kier alpha value is -1.75. The lowest BCUT2D eigenvalue weighted by Gasteiger charge is -2.29. The Balaban J connectivity index is 2.04. The zero-order valence-electron chi connectivity index (χ0n) is 12.1. The molecule has 0 bridgehead atoms. The first-order chi connectivity index (χ1) is 9.60. The number of carbonyl (C=O) groups is 1. The first kappa shape index (κ1) is 14.7. The minimum absolute atomic E-state index is 0.0922. The van der Waals surface area contributed by atoms with Gasteiger partial charge in [0.15, 0.2) is 0 Å². The smallest absolute Gasteiger partial charge is 0.251 e. The van der Waals surface area contributed by atoms with Gasteiger partial charge in [-0.25, -0.2) is 0 Å². The molecule has 1 aromatic rings. The number of hydrogen-bond donors (Lipinski definition) is 3. The molecule has 20 heavy (non-hydrogen) atoms. The Morgan fingerprint density at radius 1 is 1.50 bits per heavy atom. The molecule has 0 radical (unpaired) electrons. The second-order valence-corrected chi connectivity index (χ2v) is 5.21. The fourth-order valence-electron chi connectivity index (χ4n) is 2.45. The summed E-state index contributed by atoms with van der Waals surface area (Å²) in [5.41, 5.74) is 8.12. The summed E-state index contributed by atoms with van der Waals surface area (Å²) in [7, 11) is 0. The predicted octanol–water partition coefficient (Wildman–Crippen LogP) is 2.00. The molecule has 2 unspecified atom stereocenters. The van der Waals surface area contributed by atoms with Gasteiger partial charge in [-0.2, -0.15) is 0 Å². The lowest BCUT2D eigenvalue weighted by atomic mass is 10.0. The second-order valence-electron chi connectivity index (χ2n) is 5.21. The molecule has 1 fully saturated rings. The van der Waals surface area contributed by atoms with E-state index < -0.39 is 0 Å². The van der Waals surface area contributed by atoms with Crippen molar-refractivity contribution >= 4 is 17.3 Å². The fraction of sp³-hybridized carbons (Fsp3) is 0.533. The molecule has 2 rings (SSSR count). The third kappa shape index (κ3) is 3.63. The van der Waals surface area contributed by atoms with Crippen LogP contribution >= 0.6 is 0 Å². The summed E-state index contributed by atoms with van der Waals surface area (Å²) in [4.78, 5) is 11.7. The van der Waals surface area contributed by atoms with Crippen LogP contribution in [0.15, 0.2) is 18.2 Å². The van der Waals surface area contributed by atoms with Crippen LogP contribution in [-0.4, -0.2) is 31.2 Å². The molecule has 1 aliphatic rings. The van der Waals surface area contributed by atoms with Crippen molar-refractivity contribution < 1.29 is 9.53 Å². The molecule has 2 atom stereocenters. The molecule has 110 valence electrons. The highest BCUT2D eigenvalue weighted by molar-refractivity contribution is 5.96. The molecule has 1 saturated heterocycles. The summed E-state index contributed by atoms with van der Waals surface area (Å²) in [6, 6.07) is 5.76. The van der Waals surface area contributed by atoms with E-state index in [1.165, 1.54) is 0 Å². The quantitative estimate of drug-likeness (QED) is 0.736. The average molecular weight is 277 g/mol. The molecule has 1 heterocycles. The largest absolute Gasteiger partial charge is 0.397 e. The number of hydrogen-bond acceptors (Lipinski definition) is 4. The third-order valence-corrected chi connectivity index (χ3v) is 3.50. The van der Waals surface area contributed by atoms with E-state index >= 15 is 0 Å². The van der Waals surface area contributed by atoms with Gasteiger partial charge in [-0.3, -0.25) is 4.79 Å². The number of carbonyl (C=O) groups excluding carboxylic acids is 1. The minimum Gasteiger partial charge on any atom is -0.397 e. The average Bonchev–Trinajstić information content (AvgIpc) is 2.41. The molecule has 0 aliphatic carbocycles. The van der Waals surface area contributed by atoms with Crippen LogP contribution in [0.3, 0.4) is 0 Å². The van der Waals surface area contributed by atoms with Crippen molar-refractivity contribution in [3.63, 3.8) is 0 Å². The van der Waals surface area contributed by atoms with Gasteiger partial charge in [0.1, 0.15) is 0 Å². The fourth-order valence-corrected chi connectivity index (χ4v) is 2.45.